The third kappa shape index (κ3) is 46.1. The zero-order valence-corrected chi connectivity index (χ0v) is 42.4. The van der Waals surface area contributed by atoms with E-state index < -0.39 is 18.2 Å². The minimum atomic E-state index is -0.803. The average molecular weight is 896 g/mol. The second kappa shape index (κ2) is 51.5. The molecule has 0 rings (SSSR count). The van der Waals surface area contributed by atoms with Crippen molar-refractivity contribution >= 4 is 11.9 Å². The lowest BCUT2D eigenvalue weighted by Crippen LogP contribution is -2.46. The lowest BCUT2D eigenvalue weighted by Gasteiger charge is -2.24. The molecule has 0 saturated carbocycles. The zero-order valence-electron chi connectivity index (χ0n) is 42.4. The van der Waals surface area contributed by atoms with Crippen molar-refractivity contribution in [1.29, 1.82) is 0 Å². The summed E-state index contributed by atoms with van der Waals surface area (Å²) in [7, 11) is 0. The summed E-state index contributed by atoms with van der Waals surface area (Å²) in [5.41, 5.74) is 0. The molecule has 6 nitrogen and oxygen atoms in total. The Kier molecular flexibility index (Phi) is 49.6. The molecule has 3 N–H and O–H groups in total. The van der Waals surface area contributed by atoms with Crippen LogP contribution in [0.2, 0.25) is 0 Å². The van der Waals surface area contributed by atoms with Crippen LogP contribution < -0.4 is 5.32 Å². The first-order valence-electron chi connectivity index (χ1n) is 27.5. The van der Waals surface area contributed by atoms with Crippen LogP contribution in [0.15, 0.2) is 60.8 Å². The molecule has 0 fully saturated rings. The molecule has 0 heterocycles. The van der Waals surface area contributed by atoms with Crippen LogP contribution in [-0.4, -0.2) is 46.9 Å². The van der Waals surface area contributed by atoms with E-state index in [1.165, 1.54) is 154 Å². The molecule has 3 atom stereocenters. The van der Waals surface area contributed by atoms with Crippen molar-refractivity contribution in [2.75, 3.05) is 6.61 Å². The monoisotopic (exact) mass is 896 g/mol. The molecule has 0 aromatic carbocycles. The summed E-state index contributed by atoms with van der Waals surface area (Å²) in [6, 6.07) is -0.720. The summed E-state index contributed by atoms with van der Waals surface area (Å²) >= 11 is 0. The molecule has 0 aliphatic heterocycles. The maximum absolute atomic E-state index is 13.2. The van der Waals surface area contributed by atoms with Crippen LogP contribution in [-0.2, 0) is 14.3 Å². The highest BCUT2D eigenvalue weighted by Gasteiger charge is 2.24. The van der Waals surface area contributed by atoms with Gasteiger partial charge in [-0.1, -0.05) is 229 Å². The lowest BCUT2D eigenvalue weighted by molar-refractivity contribution is -0.151. The van der Waals surface area contributed by atoms with E-state index in [0.29, 0.717) is 19.3 Å². The van der Waals surface area contributed by atoms with E-state index in [0.717, 1.165) is 70.6 Å². The molecule has 3 unspecified atom stereocenters. The van der Waals surface area contributed by atoms with E-state index in [2.05, 4.69) is 86.8 Å². The number of aliphatic hydroxyl groups is 2. The molecule has 64 heavy (non-hydrogen) atoms. The maximum Gasteiger partial charge on any atom is 0.306 e. The van der Waals surface area contributed by atoms with Gasteiger partial charge in [0.05, 0.1) is 25.2 Å². The van der Waals surface area contributed by atoms with Gasteiger partial charge in [-0.05, 0) is 89.9 Å². The molecule has 0 saturated heterocycles. The minimum absolute atomic E-state index is 0.0380. The molecular weight excluding hydrogens is 791 g/mol. The number of allylic oxidation sites excluding steroid dienone is 10. The fraction of sp³-hybridized carbons (Fsp3) is 0.793. The van der Waals surface area contributed by atoms with Crippen LogP contribution in [0.25, 0.3) is 0 Å². The second-order valence-electron chi connectivity index (χ2n) is 18.6. The van der Waals surface area contributed by atoms with Gasteiger partial charge >= 0.3 is 5.97 Å². The Morgan fingerprint density at radius 3 is 1.28 bits per heavy atom. The van der Waals surface area contributed by atoms with Crippen LogP contribution in [0.5, 0.6) is 0 Å². The predicted octanol–water partition coefficient (Wildman–Crippen LogP) is 16.8. The normalized spacial score (nSPS) is 13.6. The highest BCUT2D eigenvalue weighted by molar-refractivity contribution is 5.77. The van der Waals surface area contributed by atoms with Crippen molar-refractivity contribution in [3.05, 3.63) is 60.8 Å². The maximum atomic E-state index is 13.2. The first-order chi connectivity index (χ1) is 31.5. The van der Waals surface area contributed by atoms with Crippen molar-refractivity contribution < 1.29 is 24.5 Å². The fourth-order valence-electron chi connectivity index (χ4n) is 8.12. The SMILES string of the molecule is CCCCC/C=C\C/C=C\C/C=C\C/C=C\CCCC(CC(=O)NC(CO)C(O)CCCCCCCCCCCCC)OC(=O)CCCCCCCCC/C=C/CCCCCCCC. The van der Waals surface area contributed by atoms with E-state index in [1.807, 2.05) is 0 Å². The highest BCUT2D eigenvalue weighted by Crippen LogP contribution is 2.17. The minimum Gasteiger partial charge on any atom is -0.462 e. The number of aliphatic hydroxyl groups excluding tert-OH is 2. The van der Waals surface area contributed by atoms with Crippen LogP contribution in [0.4, 0.5) is 0 Å². The number of carbonyl (C=O) groups is 2. The number of rotatable bonds is 49. The molecule has 6 heteroatoms. The first kappa shape index (κ1) is 61.6. The number of unbranched alkanes of at least 4 members (excludes halogenated alkanes) is 27. The predicted molar refractivity (Wildman–Crippen MR) is 278 cm³/mol. The Morgan fingerprint density at radius 2 is 0.812 bits per heavy atom. The van der Waals surface area contributed by atoms with Gasteiger partial charge in [0.2, 0.25) is 5.91 Å². The Labute approximate surface area is 397 Å². The number of nitrogens with one attached hydrogen (secondary N) is 1. The Bertz CT molecular complexity index is 1140. The van der Waals surface area contributed by atoms with Crippen molar-refractivity contribution in [2.24, 2.45) is 0 Å². The second-order valence-corrected chi connectivity index (χ2v) is 18.6. The van der Waals surface area contributed by atoms with Gasteiger partial charge in [-0.2, -0.15) is 0 Å². The summed E-state index contributed by atoms with van der Waals surface area (Å²) in [6.45, 7) is 6.44. The van der Waals surface area contributed by atoms with Gasteiger partial charge < -0.3 is 20.3 Å². The number of hydrogen-bond acceptors (Lipinski definition) is 5. The molecule has 0 aliphatic rings. The van der Waals surface area contributed by atoms with Gasteiger partial charge in [0.15, 0.2) is 0 Å². The van der Waals surface area contributed by atoms with Gasteiger partial charge in [0.25, 0.3) is 0 Å². The summed E-state index contributed by atoms with van der Waals surface area (Å²) in [5, 5.41) is 23.8. The summed E-state index contributed by atoms with van der Waals surface area (Å²) < 4.78 is 5.92. The summed E-state index contributed by atoms with van der Waals surface area (Å²) in [6.07, 6.45) is 64.3. The summed E-state index contributed by atoms with van der Waals surface area (Å²) in [5.74, 6) is -0.528. The van der Waals surface area contributed by atoms with Crippen molar-refractivity contribution in [3.63, 3.8) is 0 Å². The Balaban J connectivity index is 4.67. The molecule has 1 amide bonds. The fourth-order valence-corrected chi connectivity index (χ4v) is 8.12. The van der Waals surface area contributed by atoms with Crippen molar-refractivity contribution in [2.45, 2.75) is 289 Å². The number of amides is 1. The van der Waals surface area contributed by atoms with Crippen molar-refractivity contribution in [3.8, 4) is 0 Å². The smallest absolute Gasteiger partial charge is 0.306 e. The Morgan fingerprint density at radius 1 is 0.453 bits per heavy atom. The molecule has 0 aromatic rings. The quantitative estimate of drug-likeness (QED) is 0.0321. The molecule has 0 spiro atoms. The largest absolute Gasteiger partial charge is 0.462 e. The number of ether oxygens (including phenoxy) is 1. The third-order valence-electron chi connectivity index (χ3n) is 12.3. The zero-order chi connectivity index (χ0) is 46.7. The topological polar surface area (TPSA) is 95.9 Å². The highest BCUT2D eigenvalue weighted by atomic mass is 16.5. The van der Waals surface area contributed by atoms with Gasteiger partial charge in [0, 0.05) is 6.42 Å². The van der Waals surface area contributed by atoms with Crippen LogP contribution in [0.1, 0.15) is 271 Å². The first-order valence-corrected chi connectivity index (χ1v) is 27.5. The van der Waals surface area contributed by atoms with Crippen LogP contribution in [0, 0.1) is 0 Å². The number of hydrogen-bond donors (Lipinski definition) is 3. The van der Waals surface area contributed by atoms with E-state index >= 15 is 0 Å². The van der Waals surface area contributed by atoms with E-state index in [1.54, 1.807) is 0 Å². The molecule has 0 bridgehead atoms. The third-order valence-corrected chi connectivity index (χ3v) is 12.3. The van der Waals surface area contributed by atoms with E-state index in [9.17, 15) is 19.8 Å². The van der Waals surface area contributed by atoms with E-state index in [4.69, 9.17) is 4.74 Å². The van der Waals surface area contributed by atoms with Gasteiger partial charge in [-0.15, -0.1) is 0 Å². The summed E-state index contributed by atoms with van der Waals surface area (Å²) in [4.78, 5) is 26.2. The standard InChI is InChI=1S/C58H105NO5/c1-4-7-10-13-16-19-22-24-26-28-30-32-35-37-40-43-46-49-54(52-57(62)59-55(53-60)56(61)50-47-44-41-38-34-21-18-15-12-9-6-3)64-58(63)51-48-45-42-39-36-33-31-29-27-25-23-20-17-14-11-8-5-2/h16,19,24-27,30,32,37,40,54-56,60-61H,4-15,17-18,20-23,28-29,31,33-36,38-39,41-53H2,1-3H3,(H,59,62)/b19-16-,26-24-,27-25+,32-30-,40-37-. The molecule has 0 radical (unpaired) electrons. The molecule has 0 aliphatic carbocycles. The van der Waals surface area contributed by atoms with Gasteiger partial charge in [0.1, 0.15) is 6.10 Å². The Hall–Kier alpha value is -2.44. The van der Waals surface area contributed by atoms with Crippen LogP contribution in [0.3, 0.4) is 0 Å². The molecule has 372 valence electrons. The van der Waals surface area contributed by atoms with Gasteiger partial charge in [-0.3, -0.25) is 9.59 Å². The van der Waals surface area contributed by atoms with Crippen molar-refractivity contribution in [1.82, 2.24) is 5.32 Å². The number of carbonyl (C=O) groups excluding carboxylic acids is 2. The molecular formula is C58H105NO5. The van der Waals surface area contributed by atoms with E-state index in [-0.39, 0.29) is 24.9 Å². The van der Waals surface area contributed by atoms with Gasteiger partial charge in [-0.25, -0.2) is 0 Å². The molecule has 0 aromatic heterocycles. The van der Waals surface area contributed by atoms with Crippen LogP contribution >= 0.6 is 0 Å². The number of esters is 1. The lowest BCUT2D eigenvalue weighted by atomic mass is 10.0. The average Bonchev–Trinajstić information content (AvgIpc) is 3.29.